The summed E-state index contributed by atoms with van der Waals surface area (Å²) in [5, 5.41) is 11.7. The highest BCUT2D eigenvalue weighted by molar-refractivity contribution is 5.80. The highest BCUT2D eigenvalue weighted by atomic mass is 16.5. The lowest BCUT2D eigenvalue weighted by atomic mass is 10.1. The lowest BCUT2D eigenvalue weighted by molar-refractivity contribution is -0.126. The van der Waals surface area contributed by atoms with Crippen LogP contribution in [-0.2, 0) is 11.4 Å². The fraction of sp³-hybridized carbons (Fsp3) is 0.417. The zero-order valence-electron chi connectivity index (χ0n) is 9.78. The fourth-order valence-electron chi connectivity index (χ4n) is 1.44. The quantitative estimate of drug-likeness (QED) is 0.800. The van der Waals surface area contributed by atoms with E-state index in [0.717, 1.165) is 5.56 Å². The Hall–Kier alpha value is -1.55. The number of amides is 1. The number of benzene rings is 1. The molecule has 1 rings (SSSR count). The zero-order valence-corrected chi connectivity index (χ0v) is 9.78. The van der Waals surface area contributed by atoms with Gasteiger partial charge in [0.25, 0.3) is 5.91 Å². The first-order chi connectivity index (χ1) is 7.60. The third kappa shape index (κ3) is 2.73. The van der Waals surface area contributed by atoms with Gasteiger partial charge in [0, 0.05) is 12.6 Å². The third-order valence-electron chi connectivity index (χ3n) is 2.37. The summed E-state index contributed by atoms with van der Waals surface area (Å²) < 4.78 is 5.55. The molecule has 0 aliphatic heterocycles. The molecule has 0 fully saturated rings. The molecule has 0 saturated heterocycles. The molecule has 1 aromatic carbocycles. The Morgan fingerprint density at radius 1 is 1.56 bits per heavy atom. The van der Waals surface area contributed by atoms with E-state index in [4.69, 9.17) is 4.74 Å². The van der Waals surface area contributed by atoms with Crippen molar-refractivity contribution in [3.05, 3.63) is 29.3 Å². The minimum atomic E-state index is -0.573. The molecule has 16 heavy (non-hydrogen) atoms. The van der Waals surface area contributed by atoms with E-state index >= 15 is 0 Å². The van der Waals surface area contributed by atoms with E-state index in [9.17, 15) is 9.90 Å². The normalized spacial score (nSPS) is 12.0. The molecule has 1 aromatic rings. The Kier molecular flexibility index (Phi) is 4.31. The Bertz CT molecular complexity index is 377. The van der Waals surface area contributed by atoms with E-state index < -0.39 is 6.10 Å². The van der Waals surface area contributed by atoms with Crippen molar-refractivity contribution in [2.24, 2.45) is 0 Å². The summed E-state index contributed by atoms with van der Waals surface area (Å²) >= 11 is 0. The summed E-state index contributed by atoms with van der Waals surface area (Å²) in [4.78, 5) is 11.3. The van der Waals surface area contributed by atoms with E-state index in [1.807, 2.05) is 19.1 Å². The van der Waals surface area contributed by atoms with Crippen molar-refractivity contribution in [1.82, 2.24) is 5.32 Å². The summed E-state index contributed by atoms with van der Waals surface area (Å²) in [6.45, 7) is 3.45. The molecule has 0 aromatic heterocycles. The fourth-order valence-corrected chi connectivity index (χ4v) is 1.44. The number of para-hydroxylation sites is 1. The van der Waals surface area contributed by atoms with E-state index in [0.29, 0.717) is 11.3 Å². The van der Waals surface area contributed by atoms with Crippen LogP contribution in [0.5, 0.6) is 5.75 Å². The Balaban J connectivity index is 2.91. The van der Waals surface area contributed by atoms with Crippen LogP contribution < -0.4 is 10.1 Å². The van der Waals surface area contributed by atoms with Crippen molar-refractivity contribution in [2.75, 3.05) is 7.05 Å². The average Bonchev–Trinajstić information content (AvgIpc) is 2.30. The van der Waals surface area contributed by atoms with Crippen LogP contribution in [0.2, 0.25) is 0 Å². The van der Waals surface area contributed by atoms with Crippen LogP contribution >= 0.6 is 0 Å². The Morgan fingerprint density at radius 2 is 2.25 bits per heavy atom. The molecule has 0 spiro atoms. The maximum Gasteiger partial charge on any atom is 0.260 e. The summed E-state index contributed by atoms with van der Waals surface area (Å²) in [6.07, 6.45) is -0.573. The molecule has 0 bridgehead atoms. The predicted molar refractivity (Wildman–Crippen MR) is 61.3 cm³/mol. The van der Waals surface area contributed by atoms with Crippen molar-refractivity contribution in [1.29, 1.82) is 0 Å². The van der Waals surface area contributed by atoms with Crippen LogP contribution in [-0.4, -0.2) is 24.2 Å². The molecule has 2 N–H and O–H groups in total. The molecular weight excluding hydrogens is 206 g/mol. The topological polar surface area (TPSA) is 58.6 Å². The summed E-state index contributed by atoms with van der Waals surface area (Å²) in [7, 11) is 1.56. The smallest absolute Gasteiger partial charge is 0.260 e. The molecule has 0 heterocycles. The second kappa shape index (κ2) is 5.51. The van der Waals surface area contributed by atoms with Crippen molar-refractivity contribution in [3.63, 3.8) is 0 Å². The number of nitrogens with one attached hydrogen (secondary N) is 1. The van der Waals surface area contributed by atoms with Crippen LogP contribution in [0.1, 0.15) is 18.1 Å². The largest absolute Gasteiger partial charge is 0.480 e. The number of aliphatic hydroxyl groups is 1. The second-order valence-corrected chi connectivity index (χ2v) is 3.60. The minimum Gasteiger partial charge on any atom is -0.480 e. The van der Waals surface area contributed by atoms with Gasteiger partial charge in [0.2, 0.25) is 0 Å². The number of carbonyl (C=O) groups excluding carboxylic acids is 1. The van der Waals surface area contributed by atoms with Gasteiger partial charge in [-0.05, 0) is 19.4 Å². The van der Waals surface area contributed by atoms with Gasteiger partial charge in [0.05, 0.1) is 6.61 Å². The van der Waals surface area contributed by atoms with E-state index in [2.05, 4.69) is 5.32 Å². The molecule has 1 atom stereocenters. The van der Waals surface area contributed by atoms with E-state index in [1.54, 1.807) is 20.0 Å². The number of aryl methyl sites for hydroxylation is 1. The summed E-state index contributed by atoms with van der Waals surface area (Å²) in [6, 6.07) is 5.50. The number of hydrogen-bond acceptors (Lipinski definition) is 3. The molecular formula is C12H17NO3. The van der Waals surface area contributed by atoms with Crippen LogP contribution in [0.15, 0.2) is 18.2 Å². The maximum atomic E-state index is 11.3. The lowest BCUT2D eigenvalue weighted by Crippen LogP contribution is -2.34. The standard InChI is InChI=1S/C12H17NO3/c1-8-5-4-6-10(7-14)11(8)16-9(2)12(15)13-3/h4-6,9,14H,7H2,1-3H3,(H,13,15). The molecule has 0 aliphatic carbocycles. The van der Waals surface area contributed by atoms with Crippen molar-refractivity contribution >= 4 is 5.91 Å². The van der Waals surface area contributed by atoms with Gasteiger partial charge in [-0.2, -0.15) is 0 Å². The Labute approximate surface area is 95.2 Å². The first-order valence-corrected chi connectivity index (χ1v) is 5.17. The number of rotatable bonds is 4. The molecule has 1 unspecified atom stereocenters. The number of ether oxygens (including phenoxy) is 1. The molecule has 0 saturated carbocycles. The average molecular weight is 223 g/mol. The van der Waals surface area contributed by atoms with Gasteiger partial charge in [-0.15, -0.1) is 0 Å². The molecule has 0 radical (unpaired) electrons. The van der Waals surface area contributed by atoms with E-state index in [-0.39, 0.29) is 12.5 Å². The molecule has 0 aliphatic rings. The first kappa shape index (κ1) is 12.5. The number of hydrogen-bond donors (Lipinski definition) is 2. The maximum absolute atomic E-state index is 11.3. The van der Waals surface area contributed by atoms with Crippen LogP contribution in [0.4, 0.5) is 0 Å². The van der Waals surface area contributed by atoms with Crippen LogP contribution in [0, 0.1) is 6.92 Å². The first-order valence-electron chi connectivity index (χ1n) is 5.17. The SMILES string of the molecule is CNC(=O)C(C)Oc1c(C)cccc1CO. The van der Waals surface area contributed by atoms with Gasteiger partial charge >= 0.3 is 0 Å². The molecule has 1 amide bonds. The third-order valence-corrected chi connectivity index (χ3v) is 2.37. The molecule has 4 heteroatoms. The van der Waals surface area contributed by atoms with E-state index in [1.165, 1.54) is 0 Å². The highest BCUT2D eigenvalue weighted by Gasteiger charge is 2.15. The Morgan fingerprint density at radius 3 is 2.81 bits per heavy atom. The van der Waals surface area contributed by atoms with Gasteiger partial charge < -0.3 is 15.2 Å². The van der Waals surface area contributed by atoms with Crippen molar-refractivity contribution in [3.8, 4) is 5.75 Å². The molecule has 88 valence electrons. The lowest BCUT2D eigenvalue weighted by Gasteiger charge is -2.17. The summed E-state index contributed by atoms with van der Waals surface area (Å²) in [5.41, 5.74) is 1.60. The second-order valence-electron chi connectivity index (χ2n) is 3.60. The number of aliphatic hydroxyl groups excluding tert-OH is 1. The van der Waals surface area contributed by atoms with Crippen molar-refractivity contribution in [2.45, 2.75) is 26.6 Å². The number of likely N-dealkylation sites (N-methyl/N-ethyl adjacent to an activating group) is 1. The predicted octanol–water partition coefficient (Wildman–Crippen LogP) is 1.00. The molecule has 4 nitrogen and oxygen atoms in total. The number of carbonyl (C=O) groups is 1. The minimum absolute atomic E-state index is 0.0997. The zero-order chi connectivity index (χ0) is 12.1. The van der Waals surface area contributed by atoms with Gasteiger partial charge in [0.15, 0.2) is 6.10 Å². The highest BCUT2D eigenvalue weighted by Crippen LogP contribution is 2.24. The summed E-state index contributed by atoms with van der Waals surface area (Å²) in [5.74, 6) is 0.397. The van der Waals surface area contributed by atoms with Crippen LogP contribution in [0.3, 0.4) is 0 Å². The van der Waals surface area contributed by atoms with Crippen LogP contribution in [0.25, 0.3) is 0 Å². The monoisotopic (exact) mass is 223 g/mol. The van der Waals surface area contributed by atoms with Gasteiger partial charge in [0.1, 0.15) is 5.75 Å². The van der Waals surface area contributed by atoms with Gasteiger partial charge in [-0.1, -0.05) is 18.2 Å². The van der Waals surface area contributed by atoms with Gasteiger partial charge in [-0.3, -0.25) is 4.79 Å². The van der Waals surface area contributed by atoms with Gasteiger partial charge in [-0.25, -0.2) is 0 Å². The van der Waals surface area contributed by atoms with Crippen molar-refractivity contribution < 1.29 is 14.6 Å².